The van der Waals surface area contributed by atoms with Crippen LogP contribution >= 0.6 is 0 Å². The van der Waals surface area contributed by atoms with Crippen molar-refractivity contribution in [1.82, 2.24) is 4.90 Å². The van der Waals surface area contributed by atoms with Gasteiger partial charge >= 0.3 is 0 Å². The lowest BCUT2D eigenvalue weighted by atomic mass is 10.1. The molecule has 0 unspecified atom stereocenters. The lowest BCUT2D eigenvalue weighted by molar-refractivity contribution is -0.112. The minimum Gasteiger partial charge on any atom is -0.368 e. The SMILES string of the molecule is O=C(Nc1ccc(F)cc1)C1=C(N2CCN(c3ccccc3)CC2)c2ccccc2S1(=O)=O. The van der Waals surface area contributed by atoms with Crippen LogP contribution in [0.3, 0.4) is 0 Å². The Morgan fingerprint density at radius 1 is 0.788 bits per heavy atom. The van der Waals surface area contributed by atoms with Crippen LogP contribution in [-0.2, 0) is 14.6 Å². The summed E-state index contributed by atoms with van der Waals surface area (Å²) in [6.45, 7) is 2.54. The second kappa shape index (κ2) is 8.37. The Morgan fingerprint density at radius 3 is 2.09 bits per heavy atom. The fourth-order valence-electron chi connectivity index (χ4n) is 4.35. The Hall–Kier alpha value is -3.65. The van der Waals surface area contributed by atoms with Crippen molar-refractivity contribution < 1.29 is 17.6 Å². The van der Waals surface area contributed by atoms with E-state index >= 15 is 0 Å². The number of para-hydroxylation sites is 1. The smallest absolute Gasteiger partial charge is 0.269 e. The fourth-order valence-corrected chi connectivity index (χ4v) is 6.07. The van der Waals surface area contributed by atoms with Crippen LogP contribution in [0.2, 0.25) is 0 Å². The molecular formula is C25H22FN3O3S. The second-order valence-electron chi connectivity index (χ2n) is 7.95. The van der Waals surface area contributed by atoms with Gasteiger partial charge in [0, 0.05) is 43.1 Å². The molecule has 2 aliphatic rings. The summed E-state index contributed by atoms with van der Waals surface area (Å²) in [6.07, 6.45) is 0. The molecule has 0 saturated carbocycles. The highest BCUT2D eigenvalue weighted by Crippen LogP contribution is 2.41. The number of anilines is 2. The maximum atomic E-state index is 13.4. The molecule has 8 heteroatoms. The van der Waals surface area contributed by atoms with Crippen LogP contribution in [0.1, 0.15) is 5.56 Å². The number of benzene rings is 3. The fraction of sp³-hybridized carbons (Fsp3) is 0.160. The molecule has 0 aliphatic carbocycles. The summed E-state index contributed by atoms with van der Waals surface area (Å²) < 4.78 is 40.0. The summed E-state index contributed by atoms with van der Waals surface area (Å²) >= 11 is 0. The molecule has 0 radical (unpaired) electrons. The number of sulfone groups is 1. The van der Waals surface area contributed by atoms with Crippen LogP contribution in [0.15, 0.2) is 88.7 Å². The molecule has 2 heterocycles. The number of rotatable bonds is 4. The van der Waals surface area contributed by atoms with Gasteiger partial charge in [-0.05, 0) is 42.5 Å². The van der Waals surface area contributed by atoms with E-state index in [9.17, 15) is 17.6 Å². The summed E-state index contributed by atoms with van der Waals surface area (Å²) in [5.41, 5.74) is 2.40. The highest BCUT2D eigenvalue weighted by atomic mass is 32.2. The Labute approximate surface area is 191 Å². The first-order valence-electron chi connectivity index (χ1n) is 10.7. The number of nitrogens with one attached hydrogen (secondary N) is 1. The predicted molar refractivity (Wildman–Crippen MR) is 126 cm³/mol. The van der Waals surface area contributed by atoms with Crippen molar-refractivity contribution in [3.8, 4) is 0 Å². The first-order valence-corrected chi connectivity index (χ1v) is 12.1. The maximum absolute atomic E-state index is 13.4. The standard InChI is InChI=1S/C25H22FN3O3S/c26-18-10-12-19(13-11-18)27-25(30)24-23(21-8-4-5-9-22(21)33(24,31)32)29-16-14-28(15-17-29)20-6-2-1-3-7-20/h1-13H,14-17H2,(H,27,30). The number of hydrogen-bond donors (Lipinski definition) is 1. The van der Waals surface area contributed by atoms with Gasteiger partial charge in [0.25, 0.3) is 5.91 Å². The molecule has 6 nitrogen and oxygen atoms in total. The lowest BCUT2D eigenvalue weighted by Crippen LogP contribution is -2.45. The average molecular weight is 464 g/mol. The van der Waals surface area contributed by atoms with Crippen molar-refractivity contribution in [3.63, 3.8) is 0 Å². The van der Waals surface area contributed by atoms with Gasteiger partial charge in [0.2, 0.25) is 9.84 Å². The first kappa shape index (κ1) is 21.2. The van der Waals surface area contributed by atoms with Gasteiger partial charge < -0.3 is 15.1 Å². The zero-order chi connectivity index (χ0) is 23.0. The lowest BCUT2D eigenvalue weighted by Gasteiger charge is -2.38. The number of carbonyl (C=O) groups is 1. The highest BCUT2D eigenvalue weighted by molar-refractivity contribution is 7.97. The van der Waals surface area contributed by atoms with Crippen LogP contribution in [0.4, 0.5) is 15.8 Å². The Morgan fingerprint density at radius 2 is 1.39 bits per heavy atom. The highest BCUT2D eigenvalue weighted by Gasteiger charge is 2.42. The normalized spacial score (nSPS) is 17.1. The van der Waals surface area contributed by atoms with E-state index < -0.39 is 21.6 Å². The Kier molecular flexibility index (Phi) is 5.38. The maximum Gasteiger partial charge on any atom is 0.269 e. The van der Waals surface area contributed by atoms with Crippen LogP contribution in [0, 0.1) is 5.82 Å². The number of hydrogen-bond acceptors (Lipinski definition) is 5. The van der Waals surface area contributed by atoms with E-state index in [1.165, 1.54) is 30.3 Å². The third-order valence-corrected chi connectivity index (χ3v) is 7.79. The molecular weight excluding hydrogens is 441 g/mol. The summed E-state index contributed by atoms with van der Waals surface area (Å²) in [5.74, 6) is -1.16. The molecule has 168 valence electrons. The van der Waals surface area contributed by atoms with Gasteiger partial charge in [-0.1, -0.05) is 36.4 Å². The largest absolute Gasteiger partial charge is 0.368 e. The van der Waals surface area contributed by atoms with Crippen molar-refractivity contribution in [2.45, 2.75) is 4.90 Å². The Bertz CT molecular complexity index is 1330. The van der Waals surface area contributed by atoms with Gasteiger partial charge in [0.1, 0.15) is 5.82 Å². The van der Waals surface area contributed by atoms with Gasteiger partial charge in [0.15, 0.2) is 4.91 Å². The van der Waals surface area contributed by atoms with Crippen molar-refractivity contribution >= 4 is 32.8 Å². The molecule has 1 fully saturated rings. The number of carbonyl (C=O) groups excluding carboxylic acids is 1. The van der Waals surface area contributed by atoms with E-state index in [4.69, 9.17) is 0 Å². The van der Waals surface area contributed by atoms with Crippen LogP contribution in [-0.4, -0.2) is 45.4 Å². The van der Waals surface area contributed by atoms with E-state index in [1.807, 2.05) is 35.2 Å². The summed E-state index contributed by atoms with van der Waals surface area (Å²) in [6, 6.07) is 22.0. The molecule has 1 N–H and O–H groups in total. The van der Waals surface area contributed by atoms with Crippen molar-refractivity contribution in [2.24, 2.45) is 0 Å². The zero-order valence-corrected chi connectivity index (χ0v) is 18.6. The van der Waals surface area contributed by atoms with E-state index in [2.05, 4.69) is 10.2 Å². The number of nitrogens with zero attached hydrogens (tertiary/aromatic N) is 2. The number of fused-ring (bicyclic) bond motifs is 1. The molecule has 0 aromatic heterocycles. The molecule has 0 atom stereocenters. The van der Waals surface area contributed by atoms with Gasteiger partial charge in [-0.15, -0.1) is 0 Å². The molecule has 3 aromatic rings. The molecule has 0 spiro atoms. The quantitative estimate of drug-likeness (QED) is 0.638. The van der Waals surface area contributed by atoms with Crippen molar-refractivity contribution in [3.05, 3.63) is 95.1 Å². The minimum atomic E-state index is -4.00. The molecule has 1 amide bonds. The third-order valence-electron chi connectivity index (χ3n) is 5.94. The molecule has 1 saturated heterocycles. The molecule has 2 aliphatic heterocycles. The topological polar surface area (TPSA) is 69.7 Å². The first-order chi connectivity index (χ1) is 15.9. The monoisotopic (exact) mass is 463 g/mol. The predicted octanol–water partition coefficient (Wildman–Crippen LogP) is 3.74. The van der Waals surface area contributed by atoms with E-state index in [0.29, 0.717) is 43.1 Å². The number of piperazine rings is 1. The van der Waals surface area contributed by atoms with E-state index in [1.54, 1.807) is 18.2 Å². The van der Waals surface area contributed by atoms with Crippen molar-refractivity contribution in [2.75, 3.05) is 36.4 Å². The summed E-state index contributed by atoms with van der Waals surface area (Å²) in [4.78, 5) is 17.3. The second-order valence-corrected chi connectivity index (χ2v) is 9.80. The number of halogens is 1. The summed E-state index contributed by atoms with van der Waals surface area (Å²) in [7, 11) is -4.00. The molecule has 0 bridgehead atoms. The van der Waals surface area contributed by atoms with Crippen LogP contribution < -0.4 is 10.2 Å². The van der Waals surface area contributed by atoms with Gasteiger partial charge in [-0.25, -0.2) is 12.8 Å². The van der Waals surface area contributed by atoms with Gasteiger partial charge in [-0.2, -0.15) is 0 Å². The summed E-state index contributed by atoms with van der Waals surface area (Å²) in [5, 5.41) is 2.63. The van der Waals surface area contributed by atoms with E-state index in [0.717, 1.165) is 5.69 Å². The van der Waals surface area contributed by atoms with Gasteiger partial charge in [0.05, 0.1) is 10.6 Å². The molecule has 5 rings (SSSR count). The average Bonchev–Trinajstić information content (AvgIpc) is 3.08. The number of amides is 1. The van der Waals surface area contributed by atoms with E-state index in [-0.39, 0.29) is 9.80 Å². The zero-order valence-electron chi connectivity index (χ0n) is 17.7. The minimum absolute atomic E-state index is 0.134. The van der Waals surface area contributed by atoms with Crippen LogP contribution in [0.25, 0.3) is 5.70 Å². The van der Waals surface area contributed by atoms with Crippen molar-refractivity contribution in [1.29, 1.82) is 0 Å². The molecule has 3 aromatic carbocycles. The Balaban J connectivity index is 1.50. The van der Waals surface area contributed by atoms with Crippen LogP contribution in [0.5, 0.6) is 0 Å². The third kappa shape index (κ3) is 3.87. The molecule has 33 heavy (non-hydrogen) atoms. The van der Waals surface area contributed by atoms with Gasteiger partial charge in [-0.3, -0.25) is 4.79 Å².